The summed E-state index contributed by atoms with van der Waals surface area (Å²) < 4.78 is 32.5. The Hall–Kier alpha value is -2.38. The van der Waals surface area contributed by atoms with Gasteiger partial charge in [-0.1, -0.05) is 24.3 Å². The van der Waals surface area contributed by atoms with E-state index < -0.39 is 10.0 Å². The number of nitrogens with zero attached hydrogens (tertiary/aromatic N) is 1. The first-order valence-electron chi connectivity index (χ1n) is 8.76. The van der Waals surface area contributed by atoms with Gasteiger partial charge in [0.25, 0.3) is 10.0 Å². The minimum absolute atomic E-state index is 0.149. The number of sulfonamides is 1. The predicted octanol–water partition coefficient (Wildman–Crippen LogP) is 2.65. The molecule has 0 saturated carbocycles. The van der Waals surface area contributed by atoms with Crippen LogP contribution in [-0.4, -0.2) is 41.1 Å². The van der Waals surface area contributed by atoms with Crippen molar-refractivity contribution in [2.75, 3.05) is 31.1 Å². The smallest absolute Gasteiger partial charge is 0.264 e. The molecule has 0 atom stereocenters. The van der Waals surface area contributed by atoms with Gasteiger partial charge in [-0.3, -0.25) is 9.10 Å². The van der Waals surface area contributed by atoms with Crippen molar-refractivity contribution in [1.29, 1.82) is 0 Å². The van der Waals surface area contributed by atoms with E-state index in [0.29, 0.717) is 25.3 Å². The van der Waals surface area contributed by atoms with Crippen molar-refractivity contribution in [3.05, 3.63) is 59.7 Å². The topological polar surface area (TPSA) is 75.7 Å². The molecule has 0 aliphatic heterocycles. The quantitative estimate of drug-likeness (QED) is 0.668. The molecule has 0 spiro atoms. The number of carbonyl (C=O) groups excluding carboxylic acids is 1. The molecule has 7 heteroatoms. The third-order valence-corrected chi connectivity index (χ3v) is 5.75. The van der Waals surface area contributed by atoms with E-state index in [1.165, 1.54) is 12.1 Å². The Morgan fingerprint density at radius 3 is 2.30 bits per heavy atom. The summed E-state index contributed by atoms with van der Waals surface area (Å²) in [6.45, 7) is 4.47. The Kier molecular flexibility index (Phi) is 7.38. The van der Waals surface area contributed by atoms with Crippen molar-refractivity contribution >= 4 is 21.6 Å². The van der Waals surface area contributed by atoms with Crippen molar-refractivity contribution in [3.8, 4) is 0 Å². The summed E-state index contributed by atoms with van der Waals surface area (Å²) in [5.41, 5.74) is 2.33. The number of benzene rings is 2. The molecular formula is C20H26N2O4S. The SMILES string of the molecule is COCCCNC(=O)CN(c1cc(C)cc(C)c1)S(=O)(=O)c1ccccc1. The molecule has 0 unspecified atom stereocenters. The number of methoxy groups -OCH3 is 1. The molecule has 1 N–H and O–H groups in total. The summed E-state index contributed by atoms with van der Waals surface area (Å²) in [4.78, 5) is 12.5. The molecule has 0 aliphatic carbocycles. The molecule has 0 aromatic heterocycles. The standard InChI is InChI=1S/C20H26N2O4S/c1-16-12-17(2)14-18(13-16)22(15-20(23)21-10-7-11-26-3)27(24,25)19-8-5-4-6-9-19/h4-6,8-9,12-14H,7,10-11,15H2,1-3H3,(H,21,23). The van der Waals surface area contributed by atoms with Gasteiger partial charge in [-0.15, -0.1) is 0 Å². The molecule has 6 nitrogen and oxygen atoms in total. The summed E-state index contributed by atoms with van der Waals surface area (Å²) in [5.74, 6) is -0.357. The average Bonchev–Trinajstić information content (AvgIpc) is 2.63. The lowest BCUT2D eigenvalue weighted by Crippen LogP contribution is -2.41. The van der Waals surface area contributed by atoms with Gasteiger partial charge in [0.2, 0.25) is 5.91 Å². The van der Waals surface area contributed by atoms with E-state index in [1.54, 1.807) is 37.4 Å². The van der Waals surface area contributed by atoms with Crippen LogP contribution in [0.1, 0.15) is 17.5 Å². The molecule has 2 aromatic carbocycles. The van der Waals surface area contributed by atoms with Crippen LogP contribution in [0.5, 0.6) is 0 Å². The van der Waals surface area contributed by atoms with E-state index in [2.05, 4.69) is 5.32 Å². The van der Waals surface area contributed by atoms with E-state index in [9.17, 15) is 13.2 Å². The van der Waals surface area contributed by atoms with Gasteiger partial charge in [-0.25, -0.2) is 8.42 Å². The number of hydrogen-bond donors (Lipinski definition) is 1. The molecule has 27 heavy (non-hydrogen) atoms. The highest BCUT2D eigenvalue weighted by molar-refractivity contribution is 7.92. The highest BCUT2D eigenvalue weighted by Crippen LogP contribution is 2.25. The Morgan fingerprint density at radius 2 is 1.70 bits per heavy atom. The second kappa shape index (κ2) is 9.53. The maximum absolute atomic E-state index is 13.2. The number of carbonyl (C=O) groups is 1. The number of rotatable bonds is 9. The lowest BCUT2D eigenvalue weighted by Gasteiger charge is -2.25. The van der Waals surface area contributed by atoms with Crippen LogP contribution in [0, 0.1) is 13.8 Å². The minimum Gasteiger partial charge on any atom is -0.385 e. The Bertz CT molecular complexity index is 847. The second-order valence-corrected chi connectivity index (χ2v) is 8.23. The third kappa shape index (κ3) is 5.80. The monoisotopic (exact) mass is 390 g/mol. The van der Waals surface area contributed by atoms with Gasteiger partial charge >= 0.3 is 0 Å². The normalized spacial score (nSPS) is 11.2. The van der Waals surface area contributed by atoms with Crippen LogP contribution < -0.4 is 9.62 Å². The number of hydrogen-bond acceptors (Lipinski definition) is 4. The summed E-state index contributed by atoms with van der Waals surface area (Å²) in [6.07, 6.45) is 0.664. The maximum Gasteiger partial charge on any atom is 0.264 e. The van der Waals surface area contributed by atoms with Crippen LogP contribution in [0.2, 0.25) is 0 Å². The molecule has 0 aliphatic rings. The number of amides is 1. The van der Waals surface area contributed by atoms with E-state index >= 15 is 0 Å². The highest BCUT2D eigenvalue weighted by atomic mass is 32.2. The van der Waals surface area contributed by atoms with Crippen molar-refractivity contribution in [2.45, 2.75) is 25.2 Å². The maximum atomic E-state index is 13.2. The van der Waals surface area contributed by atoms with Crippen molar-refractivity contribution in [2.24, 2.45) is 0 Å². The molecule has 1 amide bonds. The van der Waals surface area contributed by atoms with Gasteiger partial charge < -0.3 is 10.1 Å². The summed E-state index contributed by atoms with van der Waals surface area (Å²) in [5, 5.41) is 2.75. The first kappa shape index (κ1) is 20.9. The Morgan fingerprint density at radius 1 is 1.07 bits per heavy atom. The van der Waals surface area contributed by atoms with E-state index in [1.807, 2.05) is 19.9 Å². The zero-order valence-corrected chi connectivity index (χ0v) is 16.8. The number of ether oxygens (including phenoxy) is 1. The first-order chi connectivity index (χ1) is 12.8. The molecular weight excluding hydrogens is 364 g/mol. The van der Waals surface area contributed by atoms with Crippen molar-refractivity contribution < 1.29 is 17.9 Å². The van der Waals surface area contributed by atoms with Gasteiger partial charge in [0.1, 0.15) is 6.54 Å². The minimum atomic E-state index is -3.87. The van der Waals surface area contributed by atoms with Crippen LogP contribution in [0.25, 0.3) is 0 Å². The number of aryl methyl sites for hydroxylation is 2. The summed E-state index contributed by atoms with van der Waals surface area (Å²) in [6, 6.07) is 13.6. The predicted molar refractivity (Wildman–Crippen MR) is 106 cm³/mol. The van der Waals surface area contributed by atoms with Gasteiger partial charge in [0.15, 0.2) is 0 Å². The van der Waals surface area contributed by atoms with Crippen molar-refractivity contribution in [3.63, 3.8) is 0 Å². The molecule has 0 radical (unpaired) electrons. The van der Waals surface area contributed by atoms with E-state index in [4.69, 9.17) is 4.74 Å². The van der Waals surface area contributed by atoms with Crippen LogP contribution in [0.3, 0.4) is 0 Å². The second-order valence-electron chi connectivity index (χ2n) is 6.37. The fraction of sp³-hybridized carbons (Fsp3) is 0.350. The third-order valence-electron chi connectivity index (χ3n) is 3.96. The zero-order chi connectivity index (χ0) is 19.9. The molecule has 2 aromatic rings. The average molecular weight is 391 g/mol. The molecule has 0 heterocycles. The molecule has 146 valence electrons. The molecule has 0 fully saturated rings. The van der Waals surface area contributed by atoms with Gasteiger partial charge in [-0.2, -0.15) is 0 Å². The van der Waals surface area contributed by atoms with Crippen molar-refractivity contribution in [1.82, 2.24) is 5.32 Å². The molecule has 2 rings (SSSR count). The highest BCUT2D eigenvalue weighted by Gasteiger charge is 2.27. The van der Waals surface area contributed by atoms with Crippen LogP contribution in [-0.2, 0) is 19.6 Å². The molecule has 0 bridgehead atoms. The van der Waals surface area contributed by atoms with Gasteiger partial charge in [0, 0.05) is 20.3 Å². The summed E-state index contributed by atoms with van der Waals surface area (Å²) in [7, 11) is -2.28. The van der Waals surface area contributed by atoms with Crippen LogP contribution in [0.4, 0.5) is 5.69 Å². The zero-order valence-electron chi connectivity index (χ0n) is 15.9. The van der Waals surface area contributed by atoms with E-state index in [-0.39, 0.29) is 17.3 Å². The van der Waals surface area contributed by atoms with E-state index in [0.717, 1.165) is 15.4 Å². The largest absolute Gasteiger partial charge is 0.385 e. The number of anilines is 1. The first-order valence-corrected chi connectivity index (χ1v) is 10.2. The lowest BCUT2D eigenvalue weighted by molar-refractivity contribution is -0.119. The Labute approximate surface area is 161 Å². The fourth-order valence-electron chi connectivity index (χ4n) is 2.76. The van der Waals surface area contributed by atoms with Gasteiger partial charge in [-0.05, 0) is 55.7 Å². The Balaban J connectivity index is 2.33. The summed E-state index contributed by atoms with van der Waals surface area (Å²) >= 11 is 0. The van der Waals surface area contributed by atoms with Crippen LogP contribution >= 0.6 is 0 Å². The fourth-order valence-corrected chi connectivity index (χ4v) is 4.19. The van der Waals surface area contributed by atoms with Gasteiger partial charge in [0.05, 0.1) is 10.6 Å². The number of nitrogens with one attached hydrogen (secondary N) is 1. The molecule has 0 saturated heterocycles. The van der Waals surface area contributed by atoms with Crippen LogP contribution in [0.15, 0.2) is 53.4 Å². The lowest BCUT2D eigenvalue weighted by atomic mass is 10.1.